The van der Waals surface area contributed by atoms with Gasteiger partial charge in [0, 0.05) is 24.9 Å². The summed E-state index contributed by atoms with van der Waals surface area (Å²) >= 11 is 0. The normalized spacial score (nSPS) is 12.4. The van der Waals surface area contributed by atoms with E-state index < -0.39 is 5.97 Å². The molecule has 25 heavy (non-hydrogen) atoms. The third-order valence-electron chi connectivity index (χ3n) is 5.02. The van der Waals surface area contributed by atoms with Gasteiger partial charge in [0.15, 0.2) is 0 Å². The lowest BCUT2D eigenvalue weighted by Gasteiger charge is -2.18. The first-order valence-electron chi connectivity index (χ1n) is 10.4. The zero-order chi connectivity index (χ0) is 18.2. The number of imidazole rings is 1. The molecular formula is C21H38N2O2. The van der Waals surface area contributed by atoms with E-state index >= 15 is 0 Å². The first-order valence-corrected chi connectivity index (χ1v) is 10.4. The summed E-state index contributed by atoms with van der Waals surface area (Å²) in [6.07, 6.45) is 23.7. The largest absolute Gasteiger partial charge is 0.481 e. The Bertz CT molecular complexity index is 418. The third-order valence-corrected chi connectivity index (χ3v) is 5.02. The van der Waals surface area contributed by atoms with E-state index in [-0.39, 0.29) is 0 Å². The summed E-state index contributed by atoms with van der Waals surface area (Å²) < 4.78 is 2.29. The maximum absolute atomic E-state index is 10.5. The van der Waals surface area contributed by atoms with E-state index in [1.807, 2.05) is 12.5 Å². The molecule has 0 aliphatic heterocycles. The molecule has 0 spiro atoms. The second kappa shape index (κ2) is 15.0. The number of aromatic nitrogens is 2. The molecule has 1 rings (SSSR count). The van der Waals surface area contributed by atoms with Crippen LogP contribution in [0.2, 0.25) is 0 Å². The van der Waals surface area contributed by atoms with Crippen LogP contribution >= 0.6 is 0 Å². The van der Waals surface area contributed by atoms with Crippen LogP contribution in [0.4, 0.5) is 0 Å². The van der Waals surface area contributed by atoms with Crippen LogP contribution in [0, 0.1) is 0 Å². The van der Waals surface area contributed by atoms with Crippen molar-refractivity contribution in [3.8, 4) is 0 Å². The van der Waals surface area contributed by atoms with Crippen molar-refractivity contribution in [3.63, 3.8) is 0 Å². The van der Waals surface area contributed by atoms with E-state index in [1.165, 1.54) is 77.0 Å². The predicted octanol–water partition coefficient (Wildman–Crippen LogP) is 6.38. The highest BCUT2D eigenvalue weighted by atomic mass is 16.4. The van der Waals surface area contributed by atoms with E-state index in [0.717, 1.165) is 12.8 Å². The maximum atomic E-state index is 10.5. The molecule has 1 aromatic rings. The van der Waals surface area contributed by atoms with E-state index in [4.69, 9.17) is 5.11 Å². The number of hydrogen-bond acceptors (Lipinski definition) is 2. The molecule has 0 bridgehead atoms. The van der Waals surface area contributed by atoms with Crippen molar-refractivity contribution in [2.45, 2.75) is 109 Å². The van der Waals surface area contributed by atoms with Gasteiger partial charge in [-0.15, -0.1) is 0 Å². The van der Waals surface area contributed by atoms with Crippen molar-refractivity contribution in [1.29, 1.82) is 0 Å². The molecule has 1 aromatic heterocycles. The van der Waals surface area contributed by atoms with Gasteiger partial charge < -0.3 is 9.67 Å². The first-order chi connectivity index (χ1) is 12.2. The Hall–Kier alpha value is -1.32. The van der Waals surface area contributed by atoms with Gasteiger partial charge in [-0.2, -0.15) is 0 Å². The van der Waals surface area contributed by atoms with Crippen LogP contribution in [0.5, 0.6) is 0 Å². The van der Waals surface area contributed by atoms with Crippen LogP contribution in [-0.2, 0) is 4.79 Å². The van der Waals surface area contributed by atoms with E-state index in [1.54, 1.807) is 0 Å². The second-order valence-corrected chi connectivity index (χ2v) is 7.27. The zero-order valence-electron chi connectivity index (χ0n) is 16.2. The van der Waals surface area contributed by atoms with Gasteiger partial charge >= 0.3 is 5.97 Å². The Morgan fingerprint density at radius 2 is 1.48 bits per heavy atom. The Labute approximate surface area is 154 Å². The van der Waals surface area contributed by atoms with Gasteiger partial charge in [0.05, 0.1) is 6.33 Å². The van der Waals surface area contributed by atoms with Crippen LogP contribution in [-0.4, -0.2) is 20.6 Å². The van der Waals surface area contributed by atoms with Crippen molar-refractivity contribution in [1.82, 2.24) is 9.55 Å². The minimum atomic E-state index is -0.669. The molecule has 0 fully saturated rings. The van der Waals surface area contributed by atoms with Gasteiger partial charge in [-0.1, -0.05) is 77.6 Å². The quantitative estimate of drug-likeness (QED) is 0.332. The highest BCUT2D eigenvalue weighted by Gasteiger charge is 2.10. The smallest absolute Gasteiger partial charge is 0.303 e. The molecule has 0 aromatic carbocycles. The molecule has 1 unspecified atom stereocenters. The van der Waals surface area contributed by atoms with Crippen molar-refractivity contribution in [3.05, 3.63) is 18.7 Å². The maximum Gasteiger partial charge on any atom is 0.303 e. The molecule has 1 heterocycles. The molecule has 0 saturated carbocycles. The standard InChI is InChI=1S/C21H38N2O2/c1-2-3-4-5-8-11-14-20(23-18-17-22-19-23)15-12-9-6-7-10-13-16-21(24)25/h17-20H,2-16H2,1H3,(H,24,25). The molecule has 1 N–H and O–H groups in total. The van der Waals surface area contributed by atoms with Crippen LogP contribution in [0.25, 0.3) is 0 Å². The molecule has 0 radical (unpaired) electrons. The summed E-state index contributed by atoms with van der Waals surface area (Å²) in [5, 5.41) is 8.63. The molecule has 144 valence electrons. The number of aliphatic carboxylic acids is 1. The van der Waals surface area contributed by atoms with Crippen molar-refractivity contribution < 1.29 is 9.90 Å². The summed E-state index contributed by atoms with van der Waals surface area (Å²) in [4.78, 5) is 14.7. The Kier molecular flexibility index (Phi) is 13.0. The molecule has 4 nitrogen and oxygen atoms in total. The molecule has 1 atom stereocenters. The minimum Gasteiger partial charge on any atom is -0.481 e. The highest BCUT2D eigenvalue weighted by Crippen LogP contribution is 2.23. The van der Waals surface area contributed by atoms with Crippen LogP contribution in [0.1, 0.15) is 109 Å². The molecule has 0 aliphatic rings. The Morgan fingerprint density at radius 3 is 2.00 bits per heavy atom. The molecular weight excluding hydrogens is 312 g/mol. The van der Waals surface area contributed by atoms with Gasteiger partial charge in [-0.05, 0) is 19.3 Å². The topological polar surface area (TPSA) is 55.1 Å². The fraction of sp³-hybridized carbons (Fsp3) is 0.810. The lowest BCUT2D eigenvalue weighted by atomic mass is 10.00. The van der Waals surface area contributed by atoms with E-state index in [2.05, 4.69) is 22.7 Å². The Balaban J connectivity index is 2.12. The number of carbonyl (C=O) groups is 1. The first kappa shape index (κ1) is 21.7. The lowest BCUT2D eigenvalue weighted by molar-refractivity contribution is -0.137. The number of hydrogen-bond donors (Lipinski definition) is 1. The van der Waals surface area contributed by atoms with Crippen molar-refractivity contribution in [2.24, 2.45) is 0 Å². The predicted molar refractivity (Wildman–Crippen MR) is 104 cm³/mol. The number of carboxylic acids is 1. The van der Waals surface area contributed by atoms with Crippen LogP contribution < -0.4 is 0 Å². The van der Waals surface area contributed by atoms with Crippen molar-refractivity contribution >= 4 is 5.97 Å². The molecule has 0 amide bonds. The molecule has 4 heteroatoms. The molecule has 0 saturated heterocycles. The lowest BCUT2D eigenvalue weighted by Crippen LogP contribution is -2.07. The average molecular weight is 351 g/mol. The summed E-state index contributed by atoms with van der Waals surface area (Å²) in [7, 11) is 0. The zero-order valence-corrected chi connectivity index (χ0v) is 16.2. The van der Waals surface area contributed by atoms with Gasteiger partial charge in [0.2, 0.25) is 0 Å². The van der Waals surface area contributed by atoms with Crippen molar-refractivity contribution in [2.75, 3.05) is 0 Å². The van der Waals surface area contributed by atoms with Crippen LogP contribution in [0.15, 0.2) is 18.7 Å². The Morgan fingerprint density at radius 1 is 0.920 bits per heavy atom. The summed E-state index contributed by atoms with van der Waals surface area (Å²) in [6, 6.07) is 0.598. The monoisotopic (exact) mass is 350 g/mol. The van der Waals surface area contributed by atoms with Crippen LogP contribution in [0.3, 0.4) is 0 Å². The van der Waals surface area contributed by atoms with Gasteiger partial charge in [0.25, 0.3) is 0 Å². The number of rotatable bonds is 17. The summed E-state index contributed by atoms with van der Waals surface area (Å²) in [5.74, 6) is -0.669. The van der Waals surface area contributed by atoms with Gasteiger partial charge in [0.1, 0.15) is 0 Å². The SMILES string of the molecule is CCCCCCCCC(CCCCCCCCC(=O)O)n1ccnc1. The minimum absolute atomic E-state index is 0.320. The fourth-order valence-electron chi connectivity index (χ4n) is 3.45. The third kappa shape index (κ3) is 11.8. The van der Waals surface area contributed by atoms with E-state index in [9.17, 15) is 4.79 Å². The molecule has 0 aliphatic carbocycles. The second-order valence-electron chi connectivity index (χ2n) is 7.27. The summed E-state index contributed by atoms with van der Waals surface area (Å²) in [5.41, 5.74) is 0. The number of unbranched alkanes of at least 4 members (excludes halogenated alkanes) is 10. The van der Waals surface area contributed by atoms with E-state index in [0.29, 0.717) is 12.5 Å². The number of nitrogens with zero attached hydrogens (tertiary/aromatic N) is 2. The highest BCUT2D eigenvalue weighted by molar-refractivity contribution is 5.66. The van der Waals surface area contributed by atoms with Gasteiger partial charge in [-0.3, -0.25) is 4.79 Å². The fourth-order valence-corrected chi connectivity index (χ4v) is 3.45. The average Bonchev–Trinajstić information content (AvgIpc) is 3.12. The van der Waals surface area contributed by atoms with Gasteiger partial charge in [-0.25, -0.2) is 4.98 Å². The summed E-state index contributed by atoms with van der Waals surface area (Å²) in [6.45, 7) is 2.27. The number of carboxylic acid groups (broad SMARTS) is 1.